The fourth-order valence-electron chi connectivity index (χ4n) is 2.53. The molecule has 27 heavy (non-hydrogen) atoms. The number of imidazole rings is 1. The number of hydrazine groups is 1. The fourth-order valence-corrected chi connectivity index (χ4v) is 3.99. The first-order valence-corrected chi connectivity index (χ1v) is 9.78. The van der Waals surface area contributed by atoms with Crippen molar-refractivity contribution in [2.75, 3.05) is 7.11 Å². The van der Waals surface area contributed by atoms with E-state index in [0.29, 0.717) is 11.3 Å². The molecule has 0 atom stereocenters. The molecule has 0 aliphatic rings. The van der Waals surface area contributed by atoms with E-state index < -0.39 is 15.9 Å². The number of methoxy groups -OCH3 is 1. The Hall–Kier alpha value is -2.33. The monoisotopic (exact) mass is 428 g/mol. The van der Waals surface area contributed by atoms with Gasteiger partial charge in [0.05, 0.1) is 17.8 Å². The maximum Gasteiger partial charge on any atom is 0.285 e. The lowest BCUT2D eigenvalue weighted by Crippen LogP contribution is -2.42. The standard InChI is InChI=1S/C16H14Cl2N4O4S/c1-9-14(22-8-4-3-5-12(22)19-9)16(23)20-21-27(24,25)11-7-6-10(17)13(18)15(11)26-2/h3-8,21H,1-2H3,(H,20,23). The number of nitrogens with one attached hydrogen (secondary N) is 2. The second-order valence-electron chi connectivity index (χ2n) is 5.43. The van der Waals surface area contributed by atoms with Crippen molar-refractivity contribution >= 4 is 44.8 Å². The molecule has 0 aliphatic carbocycles. The average Bonchev–Trinajstić information content (AvgIpc) is 2.97. The van der Waals surface area contributed by atoms with Gasteiger partial charge in [0, 0.05) is 6.20 Å². The van der Waals surface area contributed by atoms with Crippen molar-refractivity contribution in [2.45, 2.75) is 11.8 Å². The Balaban J connectivity index is 1.89. The third-order valence-electron chi connectivity index (χ3n) is 3.73. The van der Waals surface area contributed by atoms with Gasteiger partial charge in [-0.15, -0.1) is 4.83 Å². The number of ether oxygens (including phenoxy) is 1. The molecule has 2 heterocycles. The van der Waals surface area contributed by atoms with Gasteiger partial charge in [0.2, 0.25) is 0 Å². The molecule has 0 fully saturated rings. The fraction of sp³-hybridized carbons (Fsp3) is 0.125. The Bertz CT molecular complexity index is 1140. The van der Waals surface area contributed by atoms with Gasteiger partial charge >= 0.3 is 0 Å². The van der Waals surface area contributed by atoms with E-state index >= 15 is 0 Å². The van der Waals surface area contributed by atoms with E-state index in [-0.39, 0.29) is 26.4 Å². The van der Waals surface area contributed by atoms with Crippen molar-refractivity contribution in [3.63, 3.8) is 0 Å². The second kappa shape index (κ2) is 7.35. The number of nitrogens with zero attached hydrogens (tertiary/aromatic N) is 2. The minimum absolute atomic E-state index is 0.0500. The van der Waals surface area contributed by atoms with Gasteiger partial charge in [-0.1, -0.05) is 29.3 Å². The summed E-state index contributed by atoms with van der Waals surface area (Å²) >= 11 is 11.9. The highest BCUT2D eigenvalue weighted by molar-refractivity contribution is 7.89. The number of halogens is 2. The molecule has 0 aliphatic heterocycles. The lowest BCUT2D eigenvalue weighted by atomic mass is 10.3. The van der Waals surface area contributed by atoms with Crippen LogP contribution < -0.4 is 15.0 Å². The third kappa shape index (κ3) is 3.59. The van der Waals surface area contributed by atoms with E-state index in [0.717, 1.165) is 0 Å². The third-order valence-corrected chi connectivity index (χ3v) is 5.78. The number of hydrogen-bond donors (Lipinski definition) is 2. The van der Waals surface area contributed by atoms with Crippen LogP contribution in [-0.4, -0.2) is 30.8 Å². The summed E-state index contributed by atoms with van der Waals surface area (Å²) in [5, 5.41) is 0.0869. The largest absolute Gasteiger partial charge is 0.494 e. The number of aryl methyl sites for hydroxylation is 1. The van der Waals surface area contributed by atoms with Crippen molar-refractivity contribution in [3.05, 3.63) is 58.0 Å². The summed E-state index contributed by atoms with van der Waals surface area (Å²) in [6, 6.07) is 7.78. The topological polar surface area (TPSA) is 102 Å². The van der Waals surface area contributed by atoms with E-state index in [9.17, 15) is 13.2 Å². The molecule has 2 N–H and O–H groups in total. The average molecular weight is 429 g/mol. The maximum atomic E-state index is 12.6. The van der Waals surface area contributed by atoms with Crippen molar-refractivity contribution in [1.82, 2.24) is 19.6 Å². The highest BCUT2D eigenvalue weighted by atomic mass is 35.5. The number of rotatable bonds is 5. The summed E-state index contributed by atoms with van der Waals surface area (Å²) < 4.78 is 31.7. The molecule has 1 amide bonds. The highest BCUT2D eigenvalue weighted by Crippen LogP contribution is 2.37. The number of pyridine rings is 1. The molecular weight excluding hydrogens is 415 g/mol. The van der Waals surface area contributed by atoms with E-state index in [4.69, 9.17) is 27.9 Å². The molecule has 0 radical (unpaired) electrons. The summed E-state index contributed by atoms with van der Waals surface area (Å²) in [7, 11) is -2.91. The number of aromatic nitrogens is 2. The van der Waals surface area contributed by atoms with E-state index in [1.807, 2.05) is 4.83 Å². The Morgan fingerprint density at radius 2 is 1.96 bits per heavy atom. The van der Waals surface area contributed by atoms with Crippen LogP contribution in [0.4, 0.5) is 0 Å². The summed E-state index contributed by atoms with van der Waals surface area (Å²) in [4.78, 5) is 18.5. The molecule has 0 saturated carbocycles. The van der Waals surface area contributed by atoms with Gasteiger partial charge in [-0.3, -0.25) is 14.6 Å². The molecule has 0 saturated heterocycles. The zero-order valence-corrected chi connectivity index (χ0v) is 16.5. The Labute approximate surface area is 165 Å². The van der Waals surface area contributed by atoms with Crippen LogP contribution in [0.1, 0.15) is 16.2 Å². The van der Waals surface area contributed by atoms with Crippen LogP contribution in [0, 0.1) is 6.92 Å². The normalized spacial score (nSPS) is 11.6. The van der Waals surface area contributed by atoms with Crippen molar-refractivity contribution in [1.29, 1.82) is 0 Å². The Morgan fingerprint density at radius 1 is 1.22 bits per heavy atom. The molecule has 0 bridgehead atoms. The Morgan fingerprint density at radius 3 is 2.67 bits per heavy atom. The molecule has 142 valence electrons. The number of carbonyl (C=O) groups is 1. The van der Waals surface area contributed by atoms with E-state index in [2.05, 4.69) is 10.4 Å². The van der Waals surface area contributed by atoms with Crippen molar-refractivity contribution in [3.8, 4) is 5.75 Å². The molecular formula is C16H14Cl2N4O4S. The minimum Gasteiger partial charge on any atom is -0.494 e. The van der Waals surface area contributed by atoms with Gasteiger partial charge < -0.3 is 4.74 Å². The number of carbonyl (C=O) groups excluding carboxylic acids is 1. The predicted molar refractivity (Wildman–Crippen MR) is 101 cm³/mol. The number of benzene rings is 1. The molecule has 11 heteroatoms. The first-order chi connectivity index (χ1) is 12.8. The molecule has 2 aromatic heterocycles. The zero-order chi connectivity index (χ0) is 19.8. The zero-order valence-electron chi connectivity index (χ0n) is 14.2. The molecule has 3 rings (SSSR count). The van der Waals surface area contributed by atoms with Gasteiger partial charge in [-0.05, 0) is 31.2 Å². The summed E-state index contributed by atoms with van der Waals surface area (Å²) in [6.45, 7) is 1.65. The maximum absolute atomic E-state index is 12.6. The predicted octanol–water partition coefficient (Wildman–Crippen LogP) is 2.58. The first kappa shape index (κ1) is 19.4. The lowest BCUT2D eigenvalue weighted by Gasteiger charge is -2.13. The summed E-state index contributed by atoms with van der Waals surface area (Å²) in [6.07, 6.45) is 1.65. The number of fused-ring (bicyclic) bond motifs is 1. The van der Waals surface area contributed by atoms with E-state index in [1.54, 1.807) is 35.7 Å². The minimum atomic E-state index is -4.17. The SMILES string of the molecule is COc1c(S(=O)(=O)NNC(=O)c2c(C)nc3ccccn23)ccc(Cl)c1Cl. The quantitative estimate of drug-likeness (QED) is 0.608. The van der Waals surface area contributed by atoms with Crippen LogP contribution in [0.3, 0.4) is 0 Å². The van der Waals surface area contributed by atoms with E-state index in [1.165, 1.54) is 19.2 Å². The van der Waals surface area contributed by atoms with Gasteiger partial charge in [-0.25, -0.2) is 13.4 Å². The number of sulfonamides is 1. The first-order valence-electron chi connectivity index (χ1n) is 7.54. The molecule has 1 aromatic carbocycles. The van der Waals surface area contributed by atoms with Gasteiger partial charge in [-0.2, -0.15) is 0 Å². The van der Waals surface area contributed by atoms with Gasteiger partial charge in [0.25, 0.3) is 15.9 Å². The lowest BCUT2D eigenvalue weighted by molar-refractivity contribution is 0.0938. The van der Waals surface area contributed by atoms with Crippen molar-refractivity contribution in [2.24, 2.45) is 0 Å². The van der Waals surface area contributed by atoms with Gasteiger partial charge in [0.15, 0.2) is 5.75 Å². The molecule has 0 unspecified atom stereocenters. The molecule has 0 spiro atoms. The smallest absolute Gasteiger partial charge is 0.285 e. The van der Waals surface area contributed by atoms with Crippen LogP contribution in [0.5, 0.6) is 5.75 Å². The number of amides is 1. The number of hydrogen-bond acceptors (Lipinski definition) is 5. The highest BCUT2D eigenvalue weighted by Gasteiger charge is 2.25. The Kier molecular flexibility index (Phi) is 5.29. The van der Waals surface area contributed by atoms with Crippen LogP contribution in [0.2, 0.25) is 10.0 Å². The molecule has 8 nitrogen and oxygen atoms in total. The van der Waals surface area contributed by atoms with Gasteiger partial charge in [0.1, 0.15) is 21.3 Å². The van der Waals surface area contributed by atoms with Crippen molar-refractivity contribution < 1.29 is 17.9 Å². The second-order valence-corrected chi connectivity index (χ2v) is 7.86. The summed E-state index contributed by atoms with van der Waals surface area (Å²) in [5.41, 5.74) is 3.39. The van der Waals surface area contributed by atoms with Crippen LogP contribution in [0.25, 0.3) is 5.65 Å². The molecule has 3 aromatic rings. The van der Waals surface area contributed by atoms with Crippen LogP contribution in [0.15, 0.2) is 41.4 Å². The van der Waals surface area contributed by atoms with Crippen LogP contribution in [-0.2, 0) is 10.0 Å². The van der Waals surface area contributed by atoms with Crippen LogP contribution >= 0.6 is 23.2 Å². The summed E-state index contributed by atoms with van der Waals surface area (Å²) in [5.74, 6) is -0.800.